The standard InChI is InChI=1S/C18H18O5/c1-21-15-6-8-16(9-7-15)22-11-12-23-17-4-2-3-14(13-17)5-10-18(19)20/h2-10,13H,11-12H2,1H3,(H,19,20). The lowest BCUT2D eigenvalue weighted by atomic mass is 10.2. The monoisotopic (exact) mass is 314 g/mol. The van der Waals surface area contributed by atoms with Crippen LogP contribution in [0.3, 0.4) is 0 Å². The molecule has 2 rings (SSSR count). The van der Waals surface area contributed by atoms with E-state index in [4.69, 9.17) is 19.3 Å². The molecule has 0 saturated heterocycles. The van der Waals surface area contributed by atoms with Crippen LogP contribution in [0.25, 0.3) is 6.08 Å². The van der Waals surface area contributed by atoms with Crippen molar-refractivity contribution in [2.75, 3.05) is 20.3 Å². The van der Waals surface area contributed by atoms with Crippen LogP contribution < -0.4 is 14.2 Å². The van der Waals surface area contributed by atoms with E-state index in [0.717, 1.165) is 23.1 Å². The summed E-state index contributed by atoms with van der Waals surface area (Å²) in [7, 11) is 1.61. The third kappa shape index (κ3) is 5.74. The van der Waals surface area contributed by atoms with Crippen LogP contribution >= 0.6 is 0 Å². The Morgan fingerprint density at radius 3 is 2.30 bits per heavy atom. The highest BCUT2D eigenvalue weighted by atomic mass is 16.5. The number of hydrogen-bond donors (Lipinski definition) is 1. The van der Waals surface area contributed by atoms with E-state index in [1.54, 1.807) is 25.3 Å². The smallest absolute Gasteiger partial charge is 0.328 e. The minimum absolute atomic E-state index is 0.387. The summed E-state index contributed by atoms with van der Waals surface area (Å²) in [5.41, 5.74) is 0.765. The Balaban J connectivity index is 1.79. The third-order valence-corrected chi connectivity index (χ3v) is 2.96. The van der Waals surface area contributed by atoms with Crippen LogP contribution in [-0.4, -0.2) is 31.4 Å². The zero-order valence-corrected chi connectivity index (χ0v) is 12.8. The highest BCUT2D eigenvalue weighted by molar-refractivity contribution is 5.85. The zero-order chi connectivity index (χ0) is 16.5. The van der Waals surface area contributed by atoms with Crippen molar-refractivity contribution in [2.24, 2.45) is 0 Å². The second-order valence-electron chi connectivity index (χ2n) is 4.62. The van der Waals surface area contributed by atoms with Crippen molar-refractivity contribution in [2.45, 2.75) is 0 Å². The first-order chi connectivity index (χ1) is 11.2. The average molecular weight is 314 g/mol. The SMILES string of the molecule is COc1ccc(OCCOc2cccc(C=CC(=O)O)c2)cc1. The first-order valence-electron chi connectivity index (χ1n) is 7.08. The maximum Gasteiger partial charge on any atom is 0.328 e. The molecule has 0 aliphatic rings. The second kappa shape index (κ2) is 8.48. The summed E-state index contributed by atoms with van der Waals surface area (Å²) in [6.45, 7) is 0.791. The van der Waals surface area contributed by atoms with Crippen LogP contribution in [0.5, 0.6) is 17.2 Å². The van der Waals surface area contributed by atoms with Crippen LogP contribution in [0.2, 0.25) is 0 Å². The van der Waals surface area contributed by atoms with E-state index in [9.17, 15) is 4.79 Å². The zero-order valence-electron chi connectivity index (χ0n) is 12.8. The van der Waals surface area contributed by atoms with Crippen molar-refractivity contribution in [1.29, 1.82) is 0 Å². The number of hydrogen-bond acceptors (Lipinski definition) is 4. The molecule has 0 aliphatic heterocycles. The molecule has 1 N–H and O–H groups in total. The Morgan fingerprint density at radius 2 is 1.65 bits per heavy atom. The summed E-state index contributed by atoms with van der Waals surface area (Å²) in [6.07, 6.45) is 2.61. The molecule has 0 heterocycles. The van der Waals surface area contributed by atoms with Crippen molar-refractivity contribution in [3.05, 3.63) is 60.2 Å². The molecule has 0 unspecified atom stereocenters. The lowest BCUT2D eigenvalue weighted by Crippen LogP contribution is -2.08. The first kappa shape index (κ1) is 16.4. The van der Waals surface area contributed by atoms with Crippen molar-refractivity contribution < 1.29 is 24.1 Å². The fourth-order valence-corrected chi connectivity index (χ4v) is 1.87. The van der Waals surface area contributed by atoms with Crippen LogP contribution in [0, 0.1) is 0 Å². The topological polar surface area (TPSA) is 65.0 Å². The van der Waals surface area contributed by atoms with Gasteiger partial charge in [0.2, 0.25) is 0 Å². The molecule has 120 valence electrons. The van der Waals surface area contributed by atoms with Gasteiger partial charge in [-0.15, -0.1) is 0 Å². The highest BCUT2D eigenvalue weighted by Gasteiger charge is 1.98. The number of ether oxygens (including phenoxy) is 3. The Hall–Kier alpha value is -2.95. The Morgan fingerprint density at radius 1 is 1.00 bits per heavy atom. The molecule has 2 aromatic rings. The minimum atomic E-state index is -0.982. The van der Waals surface area contributed by atoms with Gasteiger partial charge in [-0.3, -0.25) is 0 Å². The molecule has 0 bridgehead atoms. The van der Waals surface area contributed by atoms with E-state index in [1.807, 2.05) is 30.3 Å². The number of methoxy groups -OCH3 is 1. The number of carbonyl (C=O) groups is 1. The molecule has 0 aliphatic carbocycles. The molecular weight excluding hydrogens is 296 g/mol. The number of carboxylic acid groups (broad SMARTS) is 1. The normalized spacial score (nSPS) is 10.5. The lowest BCUT2D eigenvalue weighted by molar-refractivity contribution is -0.131. The fourth-order valence-electron chi connectivity index (χ4n) is 1.87. The van der Waals surface area contributed by atoms with Crippen molar-refractivity contribution in [3.8, 4) is 17.2 Å². The van der Waals surface area contributed by atoms with Gasteiger partial charge in [-0.2, -0.15) is 0 Å². The number of aliphatic carboxylic acids is 1. The molecule has 5 heteroatoms. The first-order valence-corrected chi connectivity index (χ1v) is 7.08. The number of rotatable bonds is 8. The summed E-state index contributed by atoms with van der Waals surface area (Å²) in [6, 6.07) is 14.5. The summed E-state index contributed by atoms with van der Waals surface area (Å²) < 4.78 is 16.2. The third-order valence-electron chi connectivity index (χ3n) is 2.96. The van der Waals surface area contributed by atoms with Gasteiger partial charge in [-0.25, -0.2) is 4.79 Å². The van der Waals surface area contributed by atoms with Gasteiger partial charge in [0.15, 0.2) is 0 Å². The van der Waals surface area contributed by atoms with E-state index in [-0.39, 0.29) is 0 Å². The molecule has 0 amide bonds. The van der Waals surface area contributed by atoms with E-state index < -0.39 is 5.97 Å². The quantitative estimate of drug-likeness (QED) is 0.598. The largest absolute Gasteiger partial charge is 0.497 e. The van der Waals surface area contributed by atoms with Crippen LogP contribution in [0.1, 0.15) is 5.56 Å². The summed E-state index contributed by atoms with van der Waals surface area (Å²) in [4.78, 5) is 10.5. The van der Waals surface area contributed by atoms with Gasteiger partial charge in [0.05, 0.1) is 7.11 Å². The maximum absolute atomic E-state index is 10.5. The van der Waals surface area contributed by atoms with Gasteiger partial charge in [0.1, 0.15) is 30.5 Å². The van der Waals surface area contributed by atoms with E-state index in [0.29, 0.717) is 19.0 Å². The fraction of sp³-hybridized carbons (Fsp3) is 0.167. The van der Waals surface area contributed by atoms with Gasteiger partial charge >= 0.3 is 5.97 Å². The van der Waals surface area contributed by atoms with Crippen molar-refractivity contribution in [3.63, 3.8) is 0 Å². The van der Waals surface area contributed by atoms with E-state index in [2.05, 4.69) is 0 Å². The molecule has 0 spiro atoms. The predicted molar refractivity (Wildman–Crippen MR) is 87.1 cm³/mol. The molecule has 23 heavy (non-hydrogen) atoms. The van der Waals surface area contributed by atoms with Gasteiger partial charge in [-0.1, -0.05) is 12.1 Å². The number of carboxylic acids is 1. The molecule has 0 saturated carbocycles. The Bertz CT molecular complexity index is 661. The van der Waals surface area contributed by atoms with Crippen molar-refractivity contribution >= 4 is 12.0 Å². The predicted octanol–water partition coefficient (Wildman–Crippen LogP) is 3.25. The van der Waals surface area contributed by atoms with Gasteiger partial charge in [0.25, 0.3) is 0 Å². The second-order valence-corrected chi connectivity index (χ2v) is 4.62. The molecule has 0 fully saturated rings. The van der Waals surface area contributed by atoms with Gasteiger partial charge in [0, 0.05) is 6.08 Å². The molecule has 5 nitrogen and oxygen atoms in total. The summed E-state index contributed by atoms with van der Waals surface area (Å²) >= 11 is 0. The molecule has 2 aromatic carbocycles. The van der Waals surface area contributed by atoms with Crippen LogP contribution in [0.15, 0.2) is 54.6 Å². The summed E-state index contributed by atoms with van der Waals surface area (Å²) in [5, 5.41) is 8.62. The van der Waals surface area contributed by atoms with Gasteiger partial charge in [-0.05, 0) is 48.0 Å². The van der Waals surface area contributed by atoms with Crippen molar-refractivity contribution in [1.82, 2.24) is 0 Å². The highest BCUT2D eigenvalue weighted by Crippen LogP contribution is 2.17. The van der Waals surface area contributed by atoms with Crippen LogP contribution in [-0.2, 0) is 4.79 Å². The van der Waals surface area contributed by atoms with Gasteiger partial charge < -0.3 is 19.3 Å². The Kier molecular flexibility index (Phi) is 6.06. The lowest BCUT2D eigenvalue weighted by Gasteiger charge is -2.09. The maximum atomic E-state index is 10.5. The minimum Gasteiger partial charge on any atom is -0.497 e. The average Bonchev–Trinajstić information content (AvgIpc) is 2.58. The molecule has 0 aromatic heterocycles. The van der Waals surface area contributed by atoms with E-state index in [1.165, 1.54) is 6.08 Å². The Labute approximate surface area is 134 Å². The van der Waals surface area contributed by atoms with E-state index >= 15 is 0 Å². The van der Waals surface area contributed by atoms with Crippen LogP contribution in [0.4, 0.5) is 0 Å². The molecule has 0 radical (unpaired) electrons. The molecular formula is C18H18O5. The summed E-state index contributed by atoms with van der Waals surface area (Å²) in [5.74, 6) is 1.20. The number of benzene rings is 2. The molecule has 0 atom stereocenters.